The van der Waals surface area contributed by atoms with Crippen molar-refractivity contribution in [2.24, 2.45) is 0 Å². The second-order valence-corrected chi connectivity index (χ2v) is 7.11. The fourth-order valence-electron chi connectivity index (χ4n) is 3.83. The highest BCUT2D eigenvalue weighted by Crippen LogP contribution is 2.29. The van der Waals surface area contributed by atoms with E-state index >= 15 is 0 Å². The van der Waals surface area contributed by atoms with Gasteiger partial charge in [-0.15, -0.1) is 0 Å². The van der Waals surface area contributed by atoms with Gasteiger partial charge in [-0.2, -0.15) is 0 Å². The number of rotatable bonds is 4. The van der Waals surface area contributed by atoms with E-state index < -0.39 is 0 Å². The minimum absolute atomic E-state index is 0.0182. The lowest BCUT2D eigenvalue weighted by Crippen LogP contribution is -2.41. The molecule has 0 saturated carbocycles. The van der Waals surface area contributed by atoms with Crippen molar-refractivity contribution in [2.45, 2.75) is 51.5 Å². The van der Waals surface area contributed by atoms with Crippen molar-refractivity contribution in [3.05, 3.63) is 23.3 Å². The molecule has 142 valence electrons. The zero-order chi connectivity index (χ0) is 18.5. The Balaban J connectivity index is 1.79. The number of hydrogen-bond donors (Lipinski definition) is 0. The summed E-state index contributed by atoms with van der Waals surface area (Å²) in [5.74, 6) is 0.610. The average molecular weight is 360 g/mol. The summed E-state index contributed by atoms with van der Waals surface area (Å²) in [6.07, 6.45) is 7.81. The number of aryl methyl sites for hydroxylation is 1. The van der Waals surface area contributed by atoms with Crippen LogP contribution in [0.4, 0.5) is 0 Å². The van der Waals surface area contributed by atoms with Crippen LogP contribution in [-0.4, -0.2) is 64.9 Å². The first-order chi connectivity index (χ1) is 12.6. The summed E-state index contributed by atoms with van der Waals surface area (Å²) in [4.78, 5) is 37.9. The number of carbonyl (C=O) groups excluding carboxylic acids is 2. The van der Waals surface area contributed by atoms with Gasteiger partial charge in [0.2, 0.25) is 5.91 Å². The summed E-state index contributed by atoms with van der Waals surface area (Å²) in [5.41, 5.74) is 1.26. The molecule has 0 N–H and O–H groups in total. The molecule has 1 aromatic rings. The monoisotopic (exact) mass is 360 g/mol. The molecule has 0 aromatic carbocycles. The van der Waals surface area contributed by atoms with E-state index in [9.17, 15) is 9.59 Å². The van der Waals surface area contributed by atoms with Crippen LogP contribution in [0.15, 0.2) is 6.20 Å². The minimum Gasteiger partial charge on any atom is -0.375 e. The van der Waals surface area contributed by atoms with Crippen molar-refractivity contribution in [3.8, 4) is 0 Å². The number of likely N-dealkylation sites (tertiary alicyclic amines) is 2. The fraction of sp³-hybridized carbons (Fsp3) is 0.684. The summed E-state index contributed by atoms with van der Waals surface area (Å²) >= 11 is 0. The molecule has 0 unspecified atom stereocenters. The first-order valence-electron chi connectivity index (χ1n) is 9.53. The molecular weight excluding hydrogens is 332 g/mol. The van der Waals surface area contributed by atoms with Crippen LogP contribution in [0.25, 0.3) is 0 Å². The second-order valence-electron chi connectivity index (χ2n) is 7.11. The Hall–Kier alpha value is -2.02. The Morgan fingerprint density at radius 1 is 1.15 bits per heavy atom. The van der Waals surface area contributed by atoms with Crippen LogP contribution in [0.3, 0.4) is 0 Å². The van der Waals surface area contributed by atoms with Crippen LogP contribution >= 0.6 is 0 Å². The van der Waals surface area contributed by atoms with Gasteiger partial charge < -0.3 is 14.5 Å². The summed E-state index contributed by atoms with van der Waals surface area (Å²) in [7, 11) is 1.53. The first kappa shape index (κ1) is 18.8. The zero-order valence-electron chi connectivity index (χ0n) is 15.7. The van der Waals surface area contributed by atoms with E-state index in [1.54, 1.807) is 6.20 Å². The molecule has 2 fully saturated rings. The minimum atomic E-state index is -0.135. The lowest BCUT2D eigenvalue weighted by molar-refractivity contribution is -0.139. The Bertz CT molecular complexity index is 658. The van der Waals surface area contributed by atoms with E-state index in [0.29, 0.717) is 23.6 Å². The van der Waals surface area contributed by atoms with Gasteiger partial charge in [0.1, 0.15) is 6.61 Å². The Kier molecular flexibility index (Phi) is 6.19. The molecule has 2 saturated heterocycles. The van der Waals surface area contributed by atoms with Crippen LogP contribution in [0, 0.1) is 6.92 Å². The largest absolute Gasteiger partial charge is 0.375 e. The molecular formula is C19H28N4O3. The molecule has 2 amide bonds. The van der Waals surface area contributed by atoms with Crippen molar-refractivity contribution >= 4 is 11.8 Å². The van der Waals surface area contributed by atoms with Gasteiger partial charge in [0, 0.05) is 32.9 Å². The average Bonchev–Trinajstić information content (AvgIpc) is 2.68. The molecule has 7 heteroatoms. The number of carbonyl (C=O) groups is 2. The molecule has 1 aromatic heterocycles. The van der Waals surface area contributed by atoms with Gasteiger partial charge in [-0.05, 0) is 45.4 Å². The number of ether oxygens (including phenoxy) is 1. The third-order valence-electron chi connectivity index (χ3n) is 5.26. The molecule has 26 heavy (non-hydrogen) atoms. The lowest BCUT2D eigenvalue weighted by Gasteiger charge is -2.34. The van der Waals surface area contributed by atoms with E-state index in [1.165, 1.54) is 13.5 Å². The Morgan fingerprint density at radius 3 is 2.58 bits per heavy atom. The van der Waals surface area contributed by atoms with Crippen LogP contribution in [0.1, 0.15) is 66.4 Å². The maximum atomic E-state index is 12.7. The number of methoxy groups -OCH3 is 1. The molecule has 0 aliphatic carbocycles. The van der Waals surface area contributed by atoms with E-state index in [2.05, 4.69) is 9.97 Å². The molecule has 0 radical (unpaired) electrons. The molecule has 1 atom stereocenters. The molecule has 3 rings (SSSR count). The maximum absolute atomic E-state index is 12.7. The highest BCUT2D eigenvalue weighted by atomic mass is 16.5. The summed E-state index contributed by atoms with van der Waals surface area (Å²) < 4.78 is 5.00. The van der Waals surface area contributed by atoms with Crippen LogP contribution in [0.5, 0.6) is 0 Å². The molecule has 2 aliphatic rings. The Morgan fingerprint density at radius 2 is 1.88 bits per heavy atom. The van der Waals surface area contributed by atoms with Crippen molar-refractivity contribution in [3.63, 3.8) is 0 Å². The standard InChI is InChI=1S/C19H28N4O3/c1-14-15(19(25)22-9-5-3-6-10-22)12-20-18(21-14)16-8-4-7-11-23(16)17(24)13-26-2/h12,16H,3-11,13H2,1-2H3/t16-/m1/s1. The molecule has 3 heterocycles. The van der Waals surface area contributed by atoms with E-state index in [-0.39, 0.29) is 24.5 Å². The van der Waals surface area contributed by atoms with Gasteiger partial charge in [-0.3, -0.25) is 9.59 Å². The van der Waals surface area contributed by atoms with Crippen LogP contribution < -0.4 is 0 Å². The summed E-state index contributed by atoms with van der Waals surface area (Å²) in [6.45, 7) is 4.24. The lowest BCUT2D eigenvalue weighted by atomic mass is 10.0. The Labute approximate surface area is 154 Å². The van der Waals surface area contributed by atoms with E-state index in [4.69, 9.17) is 4.74 Å². The van der Waals surface area contributed by atoms with Crippen molar-refractivity contribution in [1.29, 1.82) is 0 Å². The van der Waals surface area contributed by atoms with Gasteiger partial charge in [-0.1, -0.05) is 0 Å². The summed E-state index contributed by atoms with van der Waals surface area (Å²) in [6, 6.07) is -0.135. The van der Waals surface area contributed by atoms with Gasteiger partial charge in [0.25, 0.3) is 5.91 Å². The molecule has 7 nitrogen and oxygen atoms in total. The summed E-state index contributed by atoms with van der Waals surface area (Å²) in [5, 5.41) is 0. The zero-order valence-corrected chi connectivity index (χ0v) is 15.7. The molecule has 0 spiro atoms. The molecule has 0 bridgehead atoms. The third-order valence-corrected chi connectivity index (χ3v) is 5.26. The number of nitrogens with zero attached hydrogens (tertiary/aromatic N) is 4. The fourth-order valence-corrected chi connectivity index (χ4v) is 3.83. The van der Waals surface area contributed by atoms with Gasteiger partial charge in [0.05, 0.1) is 17.3 Å². The van der Waals surface area contributed by atoms with Gasteiger partial charge in [0.15, 0.2) is 5.82 Å². The number of aromatic nitrogens is 2. The topological polar surface area (TPSA) is 75.6 Å². The normalized spacial score (nSPS) is 20.9. The van der Waals surface area contributed by atoms with Crippen molar-refractivity contribution in [2.75, 3.05) is 33.4 Å². The first-order valence-corrected chi connectivity index (χ1v) is 9.53. The highest BCUT2D eigenvalue weighted by Gasteiger charge is 2.30. The predicted molar refractivity (Wildman–Crippen MR) is 96.7 cm³/mol. The van der Waals surface area contributed by atoms with Crippen molar-refractivity contribution in [1.82, 2.24) is 19.8 Å². The number of piperidine rings is 2. The smallest absolute Gasteiger partial charge is 0.257 e. The third kappa shape index (κ3) is 4.03. The predicted octanol–water partition coefficient (Wildman–Crippen LogP) is 2.11. The quantitative estimate of drug-likeness (QED) is 0.822. The second kappa shape index (κ2) is 8.58. The van der Waals surface area contributed by atoms with Crippen LogP contribution in [0.2, 0.25) is 0 Å². The van der Waals surface area contributed by atoms with Crippen molar-refractivity contribution < 1.29 is 14.3 Å². The van der Waals surface area contributed by atoms with Gasteiger partial charge in [-0.25, -0.2) is 9.97 Å². The molecule has 2 aliphatic heterocycles. The maximum Gasteiger partial charge on any atom is 0.257 e. The SMILES string of the molecule is COCC(=O)N1CCCC[C@@H]1c1ncc(C(=O)N2CCCCC2)c(C)n1. The number of hydrogen-bond acceptors (Lipinski definition) is 5. The van der Waals surface area contributed by atoms with Crippen LogP contribution in [-0.2, 0) is 9.53 Å². The van der Waals surface area contributed by atoms with Gasteiger partial charge >= 0.3 is 0 Å². The van der Waals surface area contributed by atoms with E-state index in [1.807, 2.05) is 16.7 Å². The highest BCUT2D eigenvalue weighted by molar-refractivity contribution is 5.95. The van der Waals surface area contributed by atoms with E-state index in [0.717, 1.165) is 45.2 Å². The number of amides is 2.